The number of pyridine rings is 3. The van der Waals surface area contributed by atoms with Crippen molar-refractivity contribution in [2.24, 2.45) is 7.05 Å². The van der Waals surface area contributed by atoms with Crippen LogP contribution in [0.2, 0.25) is 5.02 Å². The minimum Gasteiger partial charge on any atom is -0.486 e. The molecule has 0 bridgehead atoms. The first-order valence-electron chi connectivity index (χ1n) is 11.5. The molecule has 0 unspecified atom stereocenters. The van der Waals surface area contributed by atoms with E-state index in [1.165, 1.54) is 18.5 Å². The molecule has 0 amide bonds. The highest BCUT2D eigenvalue weighted by molar-refractivity contribution is 6.31. The van der Waals surface area contributed by atoms with E-state index in [0.717, 1.165) is 33.0 Å². The van der Waals surface area contributed by atoms with Crippen molar-refractivity contribution in [1.29, 1.82) is 0 Å². The van der Waals surface area contributed by atoms with Crippen LogP contribution in [-0.4, -0.2) is 24.3 Å². The predicted octanol–water partition coefficient (Wildman–Crippen LogP) is 5.80. The van der Waals surface area contributed by atoms with Gasteiger partial charge in [0.1, 0.15) is 23.4 Å². The normalized spacial score (nSPS) is 11.7. The second-order valence-electron chi connectivity index (χ2n) is 8.66. The maximum atomic E-state index is 13.2. The molecule has 5 rings (SSSR count). The molecule has 0 aliphatic heterocycles. The Labute approximate surface area is 220 Å². The van der Waals surface area contributed by atoms with Gasteiger partial charge in [0, 0.05) is 47.8 Å². The highest BCUT2D eigenvalue weighted by Crippen LogP contribution is 2.34. The van der Waals surface area contributed by atoms with Crippen molar-refractivity contribution in [3.63, 3.8) is 0 Å². The van der Waals surface area contributed by atoms with Crippen molar-refractivity contribution in [3.05, 3.63) is 105 Å². The van der Waals surface area contributed by atoms with Crippen LogP contribution in [0.4, 0.5) is 13.2 Å². The van der Waals surface area contributed by atoms with E-state index in [-0.39, 0.29) is 13.2 Å². The minimum atomic E-state index is -4.76. The zero-order chi connectivity index (χ0) is 27.0. The molecule has 0 fully saturated rings. The van der Waals surface area contributed by atoms with Gasteiger partial charge in [0.05, 0.1) is 23.0 Å². The minimum absolute atomic E-state index is 0.0362. The van der Waals surface area contributed by atoms with Crippen LogP contribution in [0.15, 0.2) is 71.9 Å². The maximum absolute atomic E-state index is 13.2. The summed E-state index contributed by atoms with van der Waals surface area (Å²) in [4.78, 5) is 21.4. The monoisotopic (exact) mass is 539 g/mol. The Morgan fingerprint density at radius 2 is 1.89 bits per heavy atom. The molecular weight excluding hydrogens is 519 g/mol. The van der Waals surface area contributed by atoms with E-state index in [1.807, 2.05) is 38.2 Å². The van der Waals surface area contributed by atoms with Crippen LogP contribution in [-0.2, 0) is 26.4 Å². The third-order valence-electron chi connectivity index (χ3n) is 6.13. The van der Waals surface area contributed by atoms with Crippen molar-refractivity contribution in [2.75, 3.05) is 0 Å². The van der Waals surface area contributed by atoms with Crippen LogP contribution in [0.25, 0.3) is 22.2 Å². The molecule has 38 heavy (non-hydrogen) atoms. The molecule has 4 aromatic heterocycles. The average Bonchev–Trinajstić information content (AvgIpc) is 3.29. The molecule has 0 spiro atoms. The van der Waals surface area contributed by atoms with Crippen LogP contribution in [0.1, 0.15) is 22.5 Å². The number of hydrogen-bond acceptors (Lipinski definition) is 5. The van der Waals surface area contributed by atoms with Gasteiger partial charge in [-0.05, 0) is 43.3 Å². The number of hydrogen-bond donors (Lipinski definition) is 0. The molecule has 0 radical (unpaired) electrons. The number of halogens is 4. The Hall–Kier alpha value is -4.18. The van der Waals surface area contributed by atoms with E-state index in [2.05, 4.69) is 15.1 Å². The van der Waals surface area contributed by atoms with Gasteiger partial charge in [0.25, 0.3) is 5.56 Å². The Morgan fingerprint density at radius 1 is 1.08 bits per heavy atom. The summed E-state index contributed by atoms with van der Waals surface area (Å²) in [6.45, 7) is 1.64. The van der Waals surface area contributed by atoms with Crippen molar-refractivity contribution < 1.29 is 17.9 Å². The number of fused-ring (bicyclic) bond motifs is 1. The summed E-state index contributed by atoms with van der Waals surface area (Å²) in [5.41, 5.74) is 1.65. The van der Waals surface area contributed by atoms with Crippen LogP contribution in [0, 0.1) is 6.92 Å². The summed E-state index contributed by atoms with van der Waals surface area (Å²) in [5.74, 6) is 0.497. The van der Waals surface area contributed by atoms with Gasteiger partial charge in [0.15, 0.2) is 0 Å². The van der Waals surface area contributed by atoms with E-state index < -0.39 is 17.3 Å². The first-order valence-corrected chi connectivity index (χ1v) is 11.9. The Bertz CT molecular complexity index is 1710. The second kappa shape index (κ2) is 9.94. The predicted molar refractivity (Wildman–Crippen MR) is 137 cm³/mol. The summed E-state index contributed by atoms with van der Waals surface area (Å²) in [7, 11) is 1.86. The molecule has 7 nitrogen and oxygen atoms in total. The van der Waals surface area contributed by atoms with Crippen molar-refractivity contribution in [1.82, 2.24) is 24.3 Å². The molecular formula is C27H21ClF3N5O2. The second-order valence-corrected chi connectivity index (χ2v) is 9.07. The molecule has 11 heteroatoms. The van der Waals surface area contributed by atoms with Gasteiger partial charge in [-0.3, -0.25) is 14.5 Å². The van der Waals surface area contributed by atoms with Gasteiger partial charge in [-0.15, -0.1) is 0 Å². The quantitative estimate of drug-likeness (QED) is 0.273. The van der Waals surface area contributed by atoms with Crippen molar-refractivity contribution in [3.8, 4) is 17.0 Å². The SMILES string of the molecule is Cc1cc(-c2ccnn2C)c2cccc(OCc3c(Cl)ccnc3Cn3cccc(C(F)(F)F)c3=O)c2n1. The van der Waals surface area contributed by atoms with E-state index in [9.17, 15) is 18.0 Å². The summed E-state index contributed by atoms with van der Waals surface area (Å²) in [6, 6.07) is 13.0. The van der Waals surface area contributed by atoms with Gasteiger partial charge in [0.2, 0.25) is 0 Å². The molecule has 194 valence electrons. The lowest BCUT2D eigenvalue weighted by molar-refractivity contribution is -0.138. The standard InChI is InChI=1S/C27H21ClF3N5O2/c1-16-13-18(23-9-11-33-35(23)2)17-5-3-7-24(25(17)34-16)38-15-19-21(28)8-10-32-22(19)14-36-12-4-6-20(26(36)37)27(29,30)31/h3-13H,14-15H2,1-2H3. The number of rotatable bonds is 6. The van der Waals surface area contributed by atoms with E-state index >= 15 is 0 Å². The number of ether oxygens (including phenoxy) is 1. The van der Waals surface area contributed by atoms with Gasteiger partial charge in [-0.25, -0.2) is 4.98 Å². The Balaban J connectivity index is 1.50. The van der Waals surface area contributed by atoms with Crippen LogP contribution in [0.3, 0.4) is 0 Å². The largest absolute Gasteiger partial charge is 0.486 e. The summed E-state index contributed by atoms with van der Waals surface area (Å²) < 4.78 is 48.6. The zero-order valence-corrected chi connectivity index (χ0v) is 21.1. The lowest BCUT2D eigenvalue weighted by atomic mass is 10.0. The molecule has 0 aliphatic rings. The van der Waals surface area contributed by atoms with E-state index in [1.54, 1.807) is 23.0 Å². The topological polar surface area (TPSA) is 74.8 Å². The summed E-state index contributed by atoms with van der Waals surface area (Å²) in [5, 5.41) is 5.44. The Morgan fingerprint density at radius 3 is 2.63 bits per heavy atom. The molecule has 1 aromatic carbocycles. The van der Waals surface area contributed by atoms with E-state index in [0.29, 0.717) is 27.5 Å². The van der Waals surface area contributed by atoms with Crippen molar-refractivity contribution in [2.45, 2.75) is 26.3 Å². The van der Waals surface area contributed by atoms with Gasteiger partial charge >= 0.3 is 6.18 Å². The molecule has 5 aromatic rings. The molecule has 0 N–H and O–H groups in total. The molecule has 0 saturated carbocycles. The number of benzene rings is 1. The van der Waals surface area contributed by atoms with Crippen LogP contribution in [0.5, 0.6) is 5.75 Å². The Kier molecular flexibility index (Phi) is 6.66. The third kappa shape index (κ3) is 4.87. The number of aryl methyl sites for hydroxylation is 2. The number of para-hydroxylation sites is 1. The fourth-order valence-electron chi connectivity index (χ4n) is 4.30. The lowest BCUT2D eigenvalue weighted by Gasteiger charge is -2.16. The maximum Gasteiger partial charge on any atom is 0.421 e. The fraction of sp³-hybridized carbons (Fsp3) is 0.185. The van der Waals surface area contributed by atoms with Gasteiger partial charge in [-0.2, -0.15) is 18.3 Å². The van der Waals surface area contributed by atoms with Crippen molar-refractivity contribution >= 4 is 22.5 Å². The highest BCUT2D eigenvalue weighted by Gasteiger charge is 2.34. The molecule has 0 atom stereocenters. The first kappa shape index (κ1) is 25.5. The number of alkyl halides is 3. The lowest BCUT2D eigenvalue weighted by Crippen LogP contribution is -2.28. The number of nitrogens with zero attached hydrogens (tertiary/aromatic N) is 5. The molecule has 4 heterocycles. The van der Waals surface area contributed by atoms with Crippen LogP contribution < -0.4 is 10.3 Å². The first-order chi connectivity index (χ1) is 18.1. The third-order valence-corrected chi connectivity index (χ3v) is 6.49. The molecule has 0 saturated heterocycles. The van der Waals surface area contributed by atoms with Gasteiger partial charge < -0.3 is 9.30 Å². The summed E-state index contributed by atoms with van der Waals surface area (Å²) >= 11 is 6.45. The summed E-state index contributed by atoms with van der Waals surface area (Å²) in [6.07, 6.45) is -0.328. The molecule has 0 aliphatic carbocycles. The number of aromatic nitrogens is 5. The zero-order valence-electron chi connectivity index (χ0n) is 20.3. The van der Waals surface area contributed by atoms with Crippen LogP contribution >= 0.6 is 11.6 Å². The average molecular weight is 540 g/mol. The fourth-order valence-corrected chi connectivity index (χ4v) is 4.52. The smallest absolute Gasteiger partial charge is 0.421 e. The highest BCUT2D eigenvalue weighted by atomic mass is 35.5. The van der Waals surface area contributed by atoms with Gasteiger partial charge in [-0.1, -0.05) is 23.7 Å². The van der Waals surface area contributed by atoms with E-state index in [4.69, 9.17) is 16.3 Å².